The SMILES string of the molecule is COC(=O)c1cc(C)c2nc(N3C4CC[C@H]3CC(OCC(C(=O)C3CC3)=C(N)c3ccccc3OC(F)(F)F)C4)sc2c1. The first kappa shape index (κ1) is 29.4. The third-order valence-corrected chi connectivity index (χ3v) is 9.46. The highest BCUT2D eigenvalue weighted by Gasteiger charge is 2.43. The summed E-state index contributed by atoms with van der Waals surface area (Å²) >= 11 is 1.55. The van der Waals surface area contributed by atoms with Gasteiger partial charge in [-0.15, -0.1) is 13.2 Å². The van der Waals surface area contributed by atoms with Gasteiger partial charge in [0.25, 0.3) is 0 Å². The number of alkyl halides is 3. The summed E-state index contributed by atoms with van der Waals surface area (Å²) in [5.74, 6) is -1.21. The Morgan fingerprint density at radius 2 is 1.79 bits per heavy atom. The molecule has 1 aromatic heterocycles. The molecule has 2 N–H and O–H groups in total. The van der Waals surface area contributed by atoms with Crippen LogP contribution in [0.3, 0.4) is 0 Å². The summed E-state index contributed by atoms with van der Waals surface area (Å²) in [4.78, 5) is 32.6. The van der Waals surface area contributed by atoms with Gasteiger partial charge < -0.3 is 24.8 Å². The molecule has 43 heavy (non-hydrogen) atoms. The lowest BCUT2D eigenvalue weighted by Crippen LogP contribution is -2.45. The zero-order valence-corrected chi connectivity index (χ0v) is 24.6. The number of esters is 1. The number of carbonyl (C=O) groups excluding carboxylic acids is 2. The average molecular weight is 616 g/mol. The fourth-order valence-corrected chi connectivity index (χ4v) is 7.47. The molecule has 2 bridgehead atoms. The van der Waals surface area contributed by atoms with Crippen LogP contribution >= 0.6 is 11.3 Å². The number of halogens is 3. The summed E-state index contributed by atoms with van der Waals surface area (Å²) in [5.41, 5.74) is 8.81. The highest BCUT2D eigenvalue weighted by Crippen LogP contribution is 2.44. The molecular weight excluding hydrogens is 583 g/mol. The van der Waals surface area contributed by atoms with Crippen molar-refractivity contribution in [3.63, 3.8) is 0 Å². The van der Waals surface area contributed by atoms with Crippen molar-refractivity contribution >= 4 is 44.1 Å². The van der Waals surface area contributed by atoms with Crippen molar-refractivity contribution in [1.29, 1.82) is 0 Å². The van der Waals surface area contributed by atoms with E-state index in [1.807, 2.05) is 13.0 Å². The number of rotatable bonds is 9. The molecule has 6 rings (SSSR count). The third kappa shape index (κ3) is 6.08. The summed E-state index contributed by atoms with van der Waals surface area (Å²) in [6.45, 7) is 1.85. The van der Waals surface area contributed by atoms with Crippen molar-refractivity contribution in [3.8, 4) is 5.75 Å². The summed E-state index contributed by atoms with van der Waals surface area (Å²) in [6, 6.07) is 9.57. The molecule has 2 saturated heterocycles. The second kappa shape index (κ2) is 11.5. The molecule has 1 saturated carbocycles. The highest BCUT2D eigenvalue weighted by atomic mass is 32.1. The molecule has 3 aliphatic rings. The Kier molecular flexibility index (Phi) is 7.84. The van der Waals surface area contributed by atoms with Gasteiger partial charge in [-0.3, -0.25) is 4.79 Å². The smallest absolute Gasteiger partial charge is 0.465 e. The molecule has 0 radical (unpaired) electrons. The standard InChI is InChI=1S/C31H32F3N3O5S/c1-16-11-18(29(39)40-2)12-25-27(16)36-30(43-25)37-19-9-10-20(37)14-21(13-19)41-15-23(28(38)17-7-8-17)26(35)22-5-3-4-6-24(22)42-31(32,33)34/h3-6,11-12,17,19-21H,7-10,13-15,35H2,1-2H3/t19-,20?,21?/m0/s1. The lowest BCUT2D eigenvalue weighted by molar-refractivity contribution is -0.274. The Bertz CT molecular complexity index is 1580. The van der Waals surface area contributed by atoms with Gasteiger partial charge in [0, 0.05) is 29.1 Å². The van der Waals surface area contributed by atoms with Crippen LogP contribution in [0.15, 0.2) is 42.0 Å². The lowest BCUT2D eigenvalue weighted by atomic mass is 9.98. The zero-order chi connectivity index (χ0) is 30.5. The summed E-state index contributed by atoms with van der Waals surface area (Å²) in [7, 11) is 1.36. The number of nitrogens with zero attached hydrogens (tertiary/aromatic N) is 2. The lowest BCUT2D eigenvalue weighted by Gasteiger charge is -2.38. The average Bonchev–Trinajstić information content (AvgIpc) is 3.67. The quantitative estimate of drug-likeness (QED) is 0.226. The first-order valence-corrected chi connectivity index (χ1v) is 15.1. The van der Waals surface area contributed by atoms with E-state index in [0.29, 0.717) is 5.56 Å². The molecule has 3 atom stereocenters. The van der Waals surface area contributed by atoms with Gasteiger partial charge in [-0.25, -0.2) is 9.78 Å². The number of piperidine rings is 1. The number of methoxy groups -OCH3 is 1. The zero-order valence-electron chi connectivity index (χ0n) is 23.8. The summed E-state index contributed by atoms with van der Waals surface area (Å²) < 4.78 is 55.5. The first-order chi connectivity index (χ1) is 20.5. The predicted molar refractivity (Wildman–Crippen MR) is 156 cm³/mol. The molecule has 2 aromatic carbocycles. The molecule has 1 aliphatic carbocycles. The second-order valence-electron chi connectivity index (χ2n) is 11.4. The third-order valence-electron chi connectivity index (χ3n) is 8.44. The minimum Gasteiger partial charge on any atom is -0.465 e. The maximum atomic E-state index is 13.2. The number of nitrogens with two attached hydrogens (primary N) is 1. The Hall–Kier alpha value is -3.64. The fourth-order valence-electron chi connectivity index (χ4n) is 6.25. The number of benzene rings is 2. The normalized spacial score (nSPS) is 22.4. The van der Waals surface area contributed by atoms with Crippen LogP contribution in [0.1, 0.15) is 60.0 Å². The van der Waals surface area contributed by atoms with E-state index in [4.69, 9.17) is 20.2 Å². The van der Waals surface area contributed by atoms with Crippen LogP contribution in [-0.4, -0.2) is 55.0 Å². The second-order valence-corrected chi connectivity index (χ2v) is 12.4. The Morgan fingerprint density at radius 1 is 1.09 bits per heavy atom. The molecule has 2 unspecified atom stereocenters. The minimum absolute atomic E-state index is 0.0174. The number of aryl methyl sites for hydroxylation is 1. The van der Waals surface area contributed by atoms with Gasteiger partial charge in [-0.1, -0.05) is 23.5 Å². The molecule has 8 nitrogen and oxygen atoms in total. The highest BCUT2D eigenvalue weighted by molar-refractivity contribution is 7.22. The van der Waals surface area contributed by atoms with E-state index in [1.165, 1.54) is 25.3 Å². The molecule has 12 heteroatoms. The van der Waals surface area contributed by atoms with Gasteiger partial charge in [-0.2, -0.15) is 0 Å². The number of para-hydroxylation sites is 1. The molecule has 228 valence electrons. The number of carbonyl (C=O) groups is 2. The van der Waals surface area contributed by atoms with Crippen LogP contribution in [0.4, 0.5) is 18.3 Å². The predicted octanol–water partition coefficient (Wildman–Crippen LogP) is 6.16. The maximum absolute atomic E-state index is 13.2. The summed E-state index contributed by atoms with van der Waals surface area (Å²) in [6.07, 6.45) is -0.209. The van der Waals surface area contributed by atoms with Gasteiger partial charge in [-0.05, 0) is 75.3 Å². The maximum Gasteiger partial charge on any atom is 0.573 e. The number of aromatic nitrogens is 1. The van der Waals surface area contributed by atoms with E-state index in [2.05, 4.69) is 9.64 Å². The topological polar surface area (TPSA) is 104 Å². The minimum atomic E-state index is -4.90. The molecule has 0 spiro atoms. The largest absolute Gasteiger partial charge is 0.573 e. The number of fused-ring (bicyclic) bond motifs is 3. The van der Waals surface area contributed by atoms with Gasteiger partial charge in [0.15, 0.2) is 10.9 Å². The number of hydrogen-bond donors (Lipinski definition) is 1. The molecular formula is C31H32F3N3O5S. The van der Waals surface area contributed by atoms with E-state index >= 15 is 0 Å². The number of thiazole rings is 1. The monoisotopic (exact) mass is 615 g/mol. The van der Waals surface area contributed by atoms with Crippen molar-refractivity contribution in [2.75, 3.05) is 18.6 Å². The van der Waals surface area contributed by atoms with E-state index < -0.39 is 12.1 Å². The van der Waals surface area contributed by atoms with E-state index in [0.717, 1.165) is 59.4 Å². The van der Waals surface area contributed by atoms with Gasteiger partial charge in [0.05, 0.1) is 41.3 Å². The van der Waals surface area contributed by atoms with Crippen LogP contribution in [-0.2, 0) is 14.3 Å². The van der Waals surface area contributed by atoms with Gasteiger partial charge >= 0.3 is 12.3 Å². The Morgan fingerprint density at radius 3 is 2.44 bits per heavy atom. The van der Waals surface area contributed by atoms with Crippen molar-refractivity contribution in [2.24, 2.45) is 11.7 Å². The first-order valence-electron chi connectivity index (χ1n) is 14.3. The molecule has 0 amide bonds. The van der Waals surface area contributed by atoms with Crippen LogP contribution < -0.4 is 15.4 Å². The van der Waals surface area contributed by atoms with Crippen molar-refractivity contribution < 1.29 is 37.0 Å². The van der Waals surface area contributed by atoms with Gasteiger partial charge in [0.1, 0.15) is 5.75 Å². The van der Waals surface area contributed by atoms with Crippen molar-refractivity contribution in [2.45, 2.75) is 70.0 Å². The fraction of sp³-hybridized carbons (Fsp3) is 0.452. The van der Waals surface area contributed by atoms with Crippen LogP contribution in [0.2, 0.25) is 0 Å². The van der Waals surface area contributed by atoms with E-state index in [1.54, 1.807) is 23.5 Å². The van der Waals surface area contributed by atoms with Crippen LogP contribution in [0.5, 0.6) is 5.75 Å². The van der Waals surface area contributed by atoms with E-state index in [-0.39, 0.29) is 59.3 Å². The number of hydrogen-bond acceptors (Lipinski definition) is 9. The summed E-state index contributed by atoms with van der Waals surface area (Å²) in [5, 5.41) is 0.904. The Labute approximate surface area is 250 Å². The molecule has 3 heterocycles. The molecule has 3 aromatic rings. The molecule has 2 aliphatic heterocycles. The van der Waals surface area contributed by atoms with Crippen LogP contribution in [0.25, 0.3) is 15.9 Å². The Balaban J connectivity index is 1.20. The van der Waals surface area contributed by atoms with E-state index in [9.17, 15) is 22.8 Å². The van der Waals surface area contributed by atoms with Crippen LogP contribution in [0, 0.1) is 12.8 Å². The number of ketones is 1. The van der Waals surface area contributed by atoms with Crippen molar-refractivity contribution in [1.82, 2.24) is 4.98 Å². The number of ether oxygens (including phenoxy) is 3. The number of Topliss-reactive ketones (excluding diaryl/α,β-unsaturated/α-hetero) is 1. The van der Waals surface area contributed by atoms with Gasteiger partial charge in [0.2, 0.25) is 0 Å². The molecule has 3 fully saturated rings. The number of anilines is 1. The van der Waals surface area contributed by atoms with Crippen molar-refractivity contribution in [3.05, 3.63) is 58.7 Å².